The first-order valence-corrected chi connectivity index (χ1v) is 8.98. The molecule has 0 aromatic rings. The van der Waals surface area contributed by atoms with Gasteiger partial charge in [-0.25, -0.2) is 0 Å². The van der Waals surface area contributed by atoms with Gasteiger partial charge in [-0.2, -0.15) is 0 Å². The van der Waals surface area contributed by atoms with Crippen LogP contribution in [0, 0.1) is 10.1 Å². The number of hydrogen-bond donors (Lipinski definition) is 1. The number of hydrogen-bond acceptors (Lipinski definition) is 4. The Morgan fingerprint density at radius 2 is 1.52 bits per heavy atom. The molecule has 2 unspecified atom stereocenters. The molecule has 0 radical (unpaired) electrons. The SMILES string of the molecule is CC/C=C\C/C=C\CC(O)C(C/C=C\C/C=C\CCCC=O)[N+](=O)[O-]. The Hall–Kier alpha value is -2.01. The van der Waals surface area contributed by atoms with Crippen molar-refractivity contribution >= 4 is 6.29 Å². The van der Waals surface area contributed by atoms with E-state index in [-0.39, 0.29) is 12.8 Å². The largest absolute Gasteiger partial charge is 0.386 e. The third kappa shape index (κ3) is 14.1. The van der Waals surface area contributed by atoms with Gasteiger partial charge in [-0.3, -0.25) is 10.1 Å². The number of nitro groups is 1. The summed E-state index contributed by atoms with van der Waals surface area (Å²) in [6, 6.07) is -0.983. The zero-order valence-corrected chi connectivity index (χ0v) is 15.1. The number of rotatable bonds is 15. The predicted molar refractivity (Wildman–Crippen MR) is 102 cm³/mol. The Labute approximate surface area is 151 Å². The molecule has 0 rings (SSSR count). The van der Waals surface area contributed by atoms with Crippen LogP contribution in [0.25, 0.3) is 0 Å². The lowest BCUT2D eigenvalue weighted by Crippen LogP contribution is -2.32. The van der Waals surface area contributed by atoms with Gasteiger partial charge in [0.2, 0.25) is 6.04 Å². The molecule has 25 heavy (non-hydrogen) atoms. The molecular weight excluding hydrogens is 318 g/mol. The number of aliphatic hydroxyl groups excluding tert-OH is 1. The Balaban J connectivity index is 4.14. The van der Waals surface area contributed by atoms with E-state index in [0.29, 0.717) is 12.8 Å². The normalized spacial score (nSPS) is 14.8. The standard InChI is InChI=1S/C20H31NO4/c1-2-3-4-5-11-14-17-20(23)19(21(24)25)16-13-10-8-6-7-9-12-15-18-22/h3-4,6-7,10-11,13-14,18-20,23H,2,5,8-9,12,15-17H2,1H3/b4-3-,7-6-,13-10-,14-11-. The minimum atomic E-state index is -0.983. The molecular formula is C20H31NO4. The predicted octanol–water partition coefficient (Wildman–Crippen LogP) is 4.56. The van der Waals surface area contributed by atoms with Crippen LogP contribution in [0.1, 0.15) is 58.3 Å². The lowest BCUT2D eigenvalue weighted by molar-refractivity contribution is -0.533. The van der Waals surface area contributed by atoms with Crippen LogP contribution in [0.2, 0.25) is 0 Å². The summed E-state index contributed by atoms with van der Waals surface area (Å²) in [5, 5.41) is 21.1. The fraction of sp³-hybridized carbons (Fsp3) is 0.550. The minimum Gasteiger partial charge on any atom is -0.386 e. The molecule has 0 aliphatic rings. The number of unbranched alkanes of at least 4 members (excludes halogenated alkanes) is 2. The topological polar surface area (TPSA) is 80.4 Å². The molecule has 0 aliphatic carbocycles. The lowest BCUT2D eigenvalue weighted by Gasteiger charge is -2.12. The van der Waals surface area contributed by atoms with Gasteiger partial charge < -0.3 is 9.90 Å². The van der Waals surface area contributed by atoms with Gasteiger partial charge in [0, 0.05) is 17.8 Å². The summed E-state index contributed by atoms with van der Waals surface area (Å²) < 4.78 is 0. The minimum absolute atomic E-state index is 0.219. The van der Waals surface area contributed by atoms with E-state index in [0.717, 1.165) is 32.0 Å². The summed E-state index contributed by atoms with van der Waals surface area (Å²) in [5.74, 6) is 0. The van der Waals surface area contributed by atoms with E-state index < -0.39 is 17.1 Å². The Morgan fingerprint density at radius 1 is 0.920 bits per heavy atom. The van der Waals surface area contributed by atoms with Crippen molar-refractivity contribution < 1.29 is 14.8 Å². The van der Waals surface area contributed by atoms with E-state index in [1.165, 1.54) is 0 Å². The average molecular weight is 349 g/mol. The van der Waals surface area contributed by atoms with Crippen molar-refractivity contribution in [3.8, 4) is 0 Å². The summed E-state index contributed by atoms with van der Waals surface area (Å²) in [6.45, 7) is 2.06. The van der Waals surface area contributed by atoms with E-state index in [2.05, 4.69) is 13.0 Å². The average Bonchev–Trinajstić information content (AvgIpc) is 2.59. The molecule has 0 aromatic heterocycles. The molecule has 140 valence electrons. The zero-order chi connectivity index (χ0) is 18.8. The number of aldehydes is 1. The van der Waals surface area contributed by atoms with E-state index in [9.17, 15) is 20.0 Å². The molecule has 5 heteroatoms. The number of allylic oxidation sites excluding steroid dienone is 6. The van der Waals surface area contributed by atoms with Gasteiger partial charge in [0.05, 0.1) is 0 Å². The smallest absolute Gasteiger partial charge is 0.242 e. The van der Waals surface area contributed by atoms with Crippen LogP contribution in [0.3, 0.4) is 0 Å². The third-order valence-electron chi connectivity index (χ3n) is 3.61. The van der Waals surface area contributed by atoms with Crippen LogP contribution in [0.15, 0.2) is 48.6 Å². The van der Waals surface area contributed by atoms with Crippen LogP contribution < -0.4 is 0 Å². The fourth-order valence-corrected chi connectivity index (χ4v) is 2.16. The van der Waals surface area contributed by atoms with Gasteiger partial charge in [0.25, 0.3) is 0 Å². The maximum absolute atomic E-state index is 11.1. The summed E-state index contributed by atoms with van der Waals surface area (Å²) >= 11 is 0. The number of carbonyl (C=O) groups excluding carboxylic acids is 1. The van der Waals surface area contributed by atoms with Crippen molar-refractivity contribution in [2.75, 3.05) is 0 Å². The number of carbonyl (C=O) groups is 1. The molecule has 0 bridgehead atoms. The first-order chi connectivity index (χ1) is 12.1. The van der Waals surface area contributed by atoms with E-state index in [1.807, 2.05) is 30.4 Å². The second-order valence-electron chi connectivity index (χ2n) is 5.75. The highest BCUT2D eigenvalue weighted by atomic mass is 16.6. The van der Waals surface area contributed by atoms with Gasteiger partial charge in [0.1, 0.15) is 12.4 Å². The van der Waals surface area contributed by atoms with Crippen LogP contribution in [0.5, 0.6) is 0 Å². The fourth-order valence-electron chi connectivity index (χ4n) is 2.16. The second-order valence-corrected chi connectivity index (χ2v) is 5.75. The van der Waals surface area contributed by atoms with Gasteiger partial charge in [-0.05, 0) is 38.5 Å². The van der Waals surface area contributed by atoms with Crippen molar-refractivity contribution in [2.45, 2.75) is 70.4 Å². The lowest BCUT2D eigenvalue weighted by atomic mass is 10.0. The molecule has 0 aliphatic heterocycles. The van der Waals surface area contributed by atoms with Crippen LogP contribution in [-0.2, 0) is 4.79 Å². The highest BCUT2D eigenvalue weighted by molar-refractivity contribution is 5.49. The molecule has 0 aromatic carbocycles. The number of nitrogens with zero attached hydrogens (tertiary/aromatic N) is 1. The first kappa shape index (κ1) is 23.0. The van der Waals surface area contributed by atoms with Crippen molar-refractivity contribution in [1.29, 1.82) is 0 Å². The van der Waals surface area contributed by atoms with Crippen LogP contribution in [0.4, 0.5) is 0 Å². The molecule has 0 saturated heterocycles. The van der Waals surface area contributed by atoms with Crippen LogP contribution in [-0.4, -0.2) is 28.5 Å². The van der Waals surface area contributed by atoms with Gasteiger partial charge in [0.15, 0.2) is 0 Å². The van der Waals surface area contributed by atoms with Crippen molar-refractivity contribution in [2.24, 2.45) is 0 Å². The van der Waals surface area contributed by atoms with E-state index in [1.54, 1.807) is 12.2 Å². The van der Waals surface area contributed by atoms with Gasteiger partial charge in [-0.1, -0.05) is 55.5 Å². The molecule has 0 heterocycles. The molecule has 0 saturated carbocycles. The Bertz CT molecular complexity index is 466. The van der Waals surface area contributed by atoms with Crippen LogP contribution >= 0.6 is 0 Å². The second kappa shape index (κ2) is 16.8. The molecule has 0 fully saturated rings. The number of aliphatic hydroxyl groups is 1. The van der Waals surface area contributed by atoms with Gasteiger partial charge in [-0.15, -0.1) is 0 Å². The van der Waals surface area contributed by atoms with E-state index in [4.69, 9.17) is 0 Å². The van der Waals surface area contributed by atoms with Crippen molar-refractivity contribution in [3.63, 3.8) is 0 Å². The van der Waals surface area contributed by atoms with Crippen molar-refractivity contribution in [3.05, 3.63) is 58.7 Å². The summed E-state index contributed by atoms with van der Waals surface area (Å²) in [5.41, 5.74) is 0. The summed E-state index contributed by atoms with van der Waals surface area (Å²) in [6.07, 6.45) is 20.6. The molecule has 5 nitrogen and oxygen atoms in total. The monoisotopic (exact) mass is 349 g/mol. The highest BCUT2D eigenvalue weighted by Gasteiger charge is 2.27. The molecule has 1 N–H and O–H groups in total. The Morgan fingerprint density at radius 3 is 2.12 bits per heavy atom. The third-order valence-corrected chi connectivity index (χ3v) is 3.61. The van der Waals surface area contributed by atoms with Crippen molar-refractivity contribution in [1.82, 2.24) is 0 Å². The zero-order valence-electron chi connectivity index (χ0n) is 15.1. The molecule has 2 atom stereocenters. The maximum Gasteiger partial charge on any atom is 0.242 e. The Kier molecular flexibility index (Phi) is 15.5. The van der Waals surface area contributed by atoms with Gasteiger partial charge >= 0.3 is 0 Å². The maximum atomic E-state index is 11.1. The molecule has 0 spiro atoms. The quantitative estimate of drug-likeness (QED) is 0.154. The van der Waals surface area contributed by atoms with E-state index >= 15 is 0 Å². The molecule has 0 amide bonds. The summed E-state index contributed by atoms with van der Waals surface area (Å²) in [4.78, 5) is 20.9. The first-order valence-electron chi connectivity index (χ1n) is 8.98. The summed E-state index contributed by atoms with van der Waals surface area (Å²) in [7, 11) is 0. The highest BCUT2D eigenvalue weighted by Crippen LogP contribution is 2.10.